The van der Waals surface area contributed by atoms with Gasteiger partial charge in [-0.05, 0) is 56.5 Å². The number of hydrogen-bond acceptors (Lipinski definition) is 3. The molecule has 2 aromatic rings. The maximum atomic E-state index is 13.0. The van der Waals surface area contributed by atoms with Gasteiger partial charge in [0.05, 0.1) is 4.90 Å². The van der Waals surface area contributed by atoms with E-state index in [-0.39, 0.29) is 11.8 Å². The lowest BCUT2D eigenvalue weighted by molar-refractivity contribution is -0.123. The molecule has 1 fully saturated rings. The van der Waals surface area contributed by atoms with Crippen LogP contribution in [0.5, 0.6) is 0 Å². The number of anilines is 1. The van der Waals surface area contributed by atoms with Gasteiger partial charge in [-0.25, -0.2) is 8.42 Å². The van der Waals surface area contributed by atoms with Crippen molar-refractivity contribution < 1.29 is 13.2 Å². The predicted octanol–water partition coefficient (Wildman–Crippen LogP) is 3.45. The standard InChI is InChI=1S/C21H26N2O3S/c1-3-23(19-9-7-8-17(2)16-19)21(24)18-12-14-22(15-13-18)27(25,26)20-10-5-4-6-11-20/h4-11,16,18H,3,12-15H2,1-2H3. The number of carbonyl (C=O) groups is 1. The molecule has 1 heterocycles. The molecule has 1 amide bonds. The Morgan fingerprint density at radius 2 is 1.74 bits per heavy atom. The summed E-state index contributed by atoms with van der Waals surface area (Å²) in [5, 5.41) is 0. The summed E-state index contributed by atoms with van der Waals surface area (Å²) in [5.74, 6) is -0.0625. The van der Waals surface area contributed by atoms with Gasteiger partial charge in [-0.3, -0.25) is 4.79 Å². The van der Waals surface area contributed by atoms with Gasteiger partial charge in [0.1, 0.15) is 0 Å². The van der Waals surface area contributed by atoms with Gasteiger partial charge in [-0.2, -0.15) is 4.31 Å². The van der Waals surface area contributed by atoms with E-state index in [1.54, 1.807) is 35.2 Å². The van der Waals surface area contributed by atoms with E-state index >= 15 is 0 Å². The zero-order chi connectivity index (χ0) is 19.4. The number of nitrogens with zero attached hydrogens (tertiary/aromatic N) is 2. The zero-order valence-corrected chi connectivity index (χ0v) is 16.7. The highest BCUT2D eigenvalue weighted by molar-refractivity contribution is 7.89. The predicted molar refractivity (Wildman–Crippen MR) is 107 cm³/mol. The van der Waals surface area contributed by atoms with Crippen molar-refractivity contribution in [1.29, 1.82) is 0 Å². The average Bonchev–Trinajstić information content (AvgIpc) is 2.69. The minimum atomic E-state index is -3.49. The Balaban J connectivity index is 1.69. The van der Waals surface area contributed by atoms with E-state index in [0.717, 1.165) is 11.3 Å². The van der Waals surface area contributed by atoms with E-state index in [9.17, 15) is 13.2 Å². The first-order valence-electron chi connectivity index (χ1n) is 9.36. The van der Waals surface area contributed by atoms with Gasteiger partial charge in [0.25, 0.3) is 0 Å². The Bertz CT molecular complexity index is 889. The van der Waals surface area contributed by atoms with Gasteiger partial charge in [-0.15, -0.1) is 0 Å². The van der Waals surface area contributed by atoms with Gasteiger partial charge in [0, 0.05) is 31.2 Å². The topological polar surface area (TPSA) is 57.7 Å². The fourth-order valence-corrected chi connectivity index (χ4v) is 5.06. The molecule has 3 rings (SSSR count). The molecule has 0 N–H and O–H groups in total. The fourth-order valence-electron chi connectivity index (χ4n) is 3.57. The van der Waals surface area contributed by atoms with Crippen molar-refractivity contribution in [3.63, 3.8) is 0 Å². The second-order valence-electron chi connectivity index (χ2n) is 6.91. The average molecular weight is 387 g/mol. The van der Waals surface area contributed by atoms with Crippen molar-refractivity contribution in [2.45, 2.75) is 31.6 Å². The van der Waals surface area contributed by atoms with E-state index in [2.05, 4.69) is 0 Å². The molecule has 0 unspecified atom stereocenters. The number of piperidine rings is 1. The first-order chi connectivity index (χ1) is 12.9. The van der Waals surface area contributed by atoms with Crippen LogP contribution in [0.3, 0.4) is 0 Å². The Morgan fingerprint density at radius 1 is 1.07 bits per heavy atom. The number of sulfonamides is 1. The van der Waals surface area contributed by atoms with Gasteiger partial charge >= 0.3 is 0 Å². The SMILES string of the molecule is CCN(C(=O)C1CCN(S(=O)(=O)c2ccccc2)CC1)c1cccc(C)c1. The molecule has 0 aromatic heterocycles. The van der Waals surface area contributed by atoms with Crippen LogP contribution in [0.25, 0.3) is 0 Å². The van der Waals surface area contributed by atoms with Crippen molar-refractivity contribution in [2.24, 2.45) is 5.92 Å². The smallest absolute Gasteiger partial charge is 0.243 e. The molecular weight excluding hydrogens is 360 g/mol. The van der Waals surface area contributed by atoms with Crippen LogP contribution >= 0.6 is 0 Å². The van der Waals surface area contributed by atoms with E-state index in [4.69, 9.17) is 0 Å². The summed E-state index contributed by atoms with van der Waals surface area (Å²) in [6.45, 7) is 5.33. The molecule has 1 saturated heterocycles. The Hall–Kier alpha value is -2.18. The van der Waals surface area contributed by atoms with Crippen LogP contribution in [0.1, 0.15) is 25.3 Å². The Kier molecular flexibility index (Phi) is 5.97. The van der Waals surface area contributed by atoms with Crippen molar-refractivity contribution in [1.82, 2.24) is 4.31 Å². The van der Waals surface area contributed by atoms with Gasteiger partial charge in [-0.1, -0.05) is 30.3 Å². The second-order valence-corrected chi connectivity index (χ2v) is 8.85. The van der Waals surface area contributed by atoms with E-state index in [1.807, 2.05) is 38.1 Å². The van der Waals surface area contributed by atoms with Crippen molar-refractivity contribution >= 4 is 21.6 Å². The molecule has 0 radical (unpaired) electrons. The van der Waals surface area contributed by atoms with Crippen molar-refractivity contribution in [3.8, 4) is 0 Å². The molecule has 144 valence electrons. The highest BCUT2D eigenvalue weighted by Crippen LogP contribution is 2.27. The summed E-state index contributed by atoms with van der Waals surface area (Å²) in [6.07, 6.45) is 1.10. The molecule has 0 aliphatic carbocycles. The normalized spacial score (nSPS) is 16.2. The molecule has 2 aromatic carbocycles. The van der Waals surface area contributed by atoms with Crippen molar-refractivity contribution in [2.75, 3.05) is 24.5 Å². The fraction of sp³-hybridized carbons (Fsp3) is 0.381. The second kappa shape index (κ2) is 8.23. The van der Waals surface area contributed by atoms with Gasteiger partial charge in [0.15, 0.2) is 0 Å². The number of rotatable bonds is 5. The van der Waals surface area contributed by atoms with Gasteiger partial charge < -0.3 is 4.90 Å². The van der Waals surface area contributed by atoms with E-state index in [0.29, 0.717) is 37.4 Å². The molecule has 0 spiro atoms. The highest BCUT2D eigenvalue weighted by atomic mass is 32.2. The lowest BCUT2D eigenvalue weighted by Gasteiger charge is -2.33. The molecule has 1 aliphatic heterocycles. The summed E-state index contributed by atoms with van der Waals surface area (Å²) in [5.41, 5.74) is 2.02. The van der Waals surface area contributed by atoms with E-state index in [1.165, 1.54) is 4.31 Å². The summed E-state index contributed by atoms with van der Waals surface area (Å²) < 4.78 is 27.0. The van der Waals surface area contributed by atoms with Crippen LogP contribution in [0.15, 0.2) is 59.5 Å². The van der Waals surface area contributed by atoms with Crippen LogP contribution in [0.4, 0.5) is 5.69 Å². The van der Waals surface area contributed by atoms with Crippen LogP contribution < -0.4 is 4.90 Å². The number of benzene rings is 2. The maximum Gasteiger partial charge on any atom is 0.243 e. The summed E-state index contributed by atoms with van der Waals surface area (Å²) in [6, 6.07) is 16.4. The monoisotopic (exact) mass is 386 g/mol. The quantitative estimate of drug-likeness (QED) is 0.791. The molecule has 0 saturated carbocycles. The first-order valence-corrected chi connectivity index (χ1v) is 10.8. The first kappa shape index (κ1) is 19.6. The minimum absolute atomic E-state index is 0.0832. The minimum Gasteiger partial charge on any atom is -0.312 e. The third-order valence-electron chi connectivity index (χ3n) is 5.08. The Labute approximate surface area is 161 Å². The lowest BCUT2D eigenvalue weighted by Crippen LogP contribution is -2.44. The summed E-state index contributed by atoms with van der Waals surface area (Å²) >= 11 is 0. The van der Waals surface area contributed by atoms with Crippen molar-refractivity contribution in [3.05, 3.63) is 60.2 Å². The molecule has 27 heavy (non-hydrogen) atoms. The maximum absolute atomic E-state index is 13.0. The van der Waals surface area contributed by atoms with E-state index < -0.39 is 10.0 Å². The molecule has 6 heteroatoms. The molecular formula is C21H26N2O3S. The lowest BCUT2D eigenvalue weighted by atomic mass is 9.96. The van der Waals surface area contributed by atoms with Crippen LogP contribution in [0.2, 0.25) is 0 Å². The highest BCUT2D eigenvalue weighted by Gasteiger charge is 2.33. The van der Waals surface area contributed by atoms with Crippen LogP contribution in [0, 0.1) is 12.8 Å². The molecule has 0 atom stereocenters. The molecule has 5 nitrogen and oxygen atoms in total. The number of amides is 1. The van der Waals surface area contributed by atoms with Gasteiger partial charge in [0.2, 0.25) is 15.9 Å². The third kappa shape index (κ3) is 4.22. The van der Waals surface area contributed by atoms with Crippen LogP contribution in [-0.4, -0.2) is 38.3 Å². The zero-order valence-electron chi connectivity index (χ0n) is 15.8. The van der Waals surface area contributed by atoms with Crippen LogP contribution in [-0.2, 0) is 14.8 Å². The number of carbonyl (C=O) groups excluding carboxylic acids is 1. The largest absolute Gasteiger partial charge is 0.312 e. The summed E-state index contributed by atoms with van der Waals surface area (Å²) in [7, 11) is -3.49. The molecule has 0 bridgehead atoms. The Morgan fingerprint density at radius 3 is 2.33 bits per heavy atom. The summed E-state index contributed by atoms with van der Waals surface area (Å²) in [4.78, 5) is 15.1. The third-order valence-corrected chi connectivity index (χ3v) is 6.99. The number of aryl methyl sites for hydroxylation is 1. The molecule has 1 aliphatic rings. The number of hydrogen-bond donors (Lipinski definition) is 0.